The zero-order chi connectivity index (χ0) is 22.3. The summed E-state index contributed by atoms with van der Waals surface area (Å²) in [6.45, 7) is 3.08. The van der Waals surface area contributed by atoms with Gasteiger partial charge < -0.3 is 14.4 Å². The van der Waals surface area contributed by atoms with Crippen molar-refractivity contribution in [2.24, 2.45) is 0 Å². The van der Waals surface area contributed by atoms with Gasteiger partial charge in [0, 0.05) is 44.8 Å². The maximum atomic E-state index is 13.0. The summed E-state index contributed by atoms with van der Waals surface area (Å²) in [7, 11) is 0. The van der Waals surface area contributed by atoms with Crippen molar-refractivity contribution < 1.29 is 19.1 Å². The van der Waals surface area contributed by atoms with Crippen LogP contribution in [0, 0.1) is 12.3 Å². The first kappa shape index (κ1) is 23.2. The molecule has 3 aliphatic heterocycles. The van der Waals surface area contributed by atoms with Gasteiger partial charge in [0.1, 0.15) is 17.1 Å². The molecule has 0 bridgehead atoms. The normalized spacial score (nSPS) is 21.5. The molecule has 3 aliphatic rings. The van der Waals surface area contributed by atoms with Crippen LogP contribution in [-0.2, 0) is 9.47 Å². The topological polar surface area (TPSA) is 101 Å². The zero-order valence-electron chi connectivity index (χ0n) is 17.4. The van der Waals surface area contributed by atoms with Crippen LogP contribution in [0.5, 0.6) is 0 Å². The Bertz CT molecular complexity index is 1100. The molecule has 0 radical (unpaired) electrons. The molecular weight excluding hydrogens is 471 g/mol. The van der Waals surface area contributed by atoms with E-state index in [-0.39, 0.29) is 35.2 Å². The first-order valence-corrected chi connectivity index (χ1v) is 10.4. The number of piperazine rings is 1. The van der Waals surface area contributed by atoms with Gasteiger partial charge >= 0.3 is 6.09 Å². The molecule has 0 unspecified atom stereocenters. The van der Waals surface area contributed by atoms with E-state index in [2.05, 4.69) is 25.8 Å². The molecule has 172 valence electrons. The number of ether oxygens (including phenoxy) is 2. The second kappa shape index (κ2) is 9.11. The fourth-order valence-corrected chi connectivity index (χ4v) is 4.13. The Kier molecular flexibility index (Phi) is 6.41. The second-order valence-electron chi connectivity index (χ2n) is 7.68. The number of nitrogens with zero attached hydrogens (tertiary/aromatic N) is 6. The van der Waals surface area contributed by atoms with Crippen molar-refractivity contribution in [3.8, 4) is 12.3 Å². The smallest absolute Gasteiger partial charge is 0.412 e. The lowest BCUT2D eigenvalue weighted by Gasteiger charge is -2.49. The van der Waals surface area contributed by atoms with E-state index in [1.165, 1.54) is 23.5 Å². The number of aromatic nitrogens is 3. The van der Waals surface area contributed by atoms with Gasteiger partial charge in [-0.25, -0.2) is 19.7 Å². The molecule has 0 saturated carbocycles. The SMILES string of the molecule is C#CC1(N2CCN(C(=O)O[C@H]3c4nccnc4C(=O)N3c3ccc(Cl)cn3)CC2)COC1.Cl. The molecule has 2 fully saturated rings. The second-order valence-corrected chi connectivity index (χ2v) is 8.12. The summed E-state index contributed by atoms with van der Waals surface area (Å²) in [5.74, 6) is 2.65. The molecule has 0 aliphatic carbocycles. The summed E-state index contributed by atoms with van der Waals surface area (Å²) in [6.07, 6.45) is 8.34. The summed E-state index contributed by atoms with van der Waals surface area (Å²) in [6, 6.07) is 3.18. The summed E-state index contributed by atoms with van der Waals surface area (Å²) < 4.78 is 11.1. The molecule has 2 amide bonds. The summed E-state index contributed by atoms with van der Waals surface area (Å²) >= 11 is 5.93. The van der Waals surface area contributed by atoms with Crippen LogP contribution >= 0.6 is 24.0 Å². The monoisotopic (exact) mass is 490 g/mol. The maximum Gasteiger partial charge on any atom is 0.412 e. The van der Waals surface area contributed by atoms with Gasteiger partial charge in [0.2, 0.25) is 6.23 Å². The third kappa shape index (κ3) is 3.98. The highest BCUT2D eigenvalue weighted by atomic mass is 35.5. The van der Waals surface area contributed by atoms with Gasteiger partial charge in [-0.15, -0.1) is 18.8 Å². The number of rotatable bonds is 3. The van der Waals surface area contributed by atoms with E-state index in [0.29, 0.717) is 44.4 Å². The van der Waals surface area contributed by atoms with Gasteiger partial charge in [0.05, 0.1) is 18.2 Å². The predicted octanol–water partition coefficient (Wildman–Crippen LogP) is 1.76. The van der Waals surface area contributed by atoms with Gasteiger partial charge in [-0.3, -0.25) is 14.7 Å². The van der Waals surface area contributed by atoms with Crippen molar-refractivity contribution in [3.63, 3.8) is 0 Å². The average Bonchev–Trinajstić information content (AvgIpc) is 3.06. The van der Waals surface area contributed by atoms with Crippen molar-refractivity contribution in [2.45, 2.75) is 11.8 Å². The van der Waals surface area contributed by atoms with E-state index in [4.69, 9.17) is 27.5 Å². The average molecular weight is 491 g/mol. The van der Waals surface area contributed by atoms with Crippen LogP contribution in [0.15, 0.2) is 30.7 Å². The third-order valence-electron chi connectivity index (χ3n) is 5.88. The molecule has 10 nitrogen and oxygen atoms in total. The Labute approximate surface area is 201 Å². The number of hydrogen-bond acceptors (Lipinski definition) is 8. The molecule has 33 heavy (non-hydrogen) atoms. The molecular formula is C21H20Cl2N6O4. The Morgan fingerprint density at radius 2 is 1.91 bits per heavy atom. The Morgan fingerprint density at radius 3 is 2.52 bits per heavy atom. The lowest BCUT2D eigenvalue weighted by Crippen LogP contribution is -2.65. The van der Waals surface area contributed by atoms with Crippen LogP contribution in [0.2, 0.25) is 5.02 Å². The van der Waals surface area contributed by atoms with Crippen molar-refractivity contribution >= 4 is 41.8 Å². The minimum Gasteiger partial charge on any atom is -0.419 e. The number of carbonyl (C=O) groups excluding carboxylic acids is 2. The number of carbonyl (C=O) groups is 2. The molecule has 0 spiro atoms. The number of fused-ring (bicyclic) bond motifs is 1. The fraction of sp³-hybridized carbons (Fsp3) is 0.381. The van der Waals surface area contributed by atoms with E-state index in [9.17, 15) is 9.59 Å². The number of anilines is 1. The first-order chi connectivity index (χ1) is 15.5. The van der Waals surface area contributed by atoms with E-state index in [1.54, 1.807) is 17.0 Å². The predicted molar refractivity (Wildman–Crippen MR) is 120 cm³/mol. The van der Waals surface area contributed by atoms with Crippen LogP contribution in [0.3, 0.4) is 0 Å². The zero-order valence-corrected chi connectivity index (χ0v) is 19.0. The highest BCUT2D eigenvalue weighted by Gasteiger charge is 2.46. The summed E-state index contributed by atoms with van der Waals surface area (Å²) in [5.41, 5.74) is -0.00800. The third-order valence-corrected chi connectivity index (χ3v) is 6.10. The summed E-state index contributed by atoms with van der Waals surface area (Å²) in [4.78, 5) is 43.5. The highest BCUT2D eigenvalue weighted by molar-refractivity contribution is 6.30. The molecule has 0 N–H and O–H groups in total. The minimum atomic E-state index is -1.08. The van der Waals surface area contributed by atoms with E-state index in [1.807, 2.05) is 0 Å². The van der Waals surface area contributed by atoms with Crippen LogP contribution in [0.25, 0.3) is 0 Å². The van der Waals surface area contributed by atoms with Crippen molar-refractivity contribution in [3.05, 3.63) is 47.1 Å². The van der Waals surface area contributed by atoms with Crippen molar-refractivity contribution in [2.75, 3.05) is 44.3 Å². The molecule has 5 heterocycles. The summed E-state index contributed by atoms with van der Waals surface area (Å²) in [5, 5.41) is 0.419. The minimum absolute atomic E-state index is 0. The molecule has 2 saturated heterocycles. The standard InChI is InChI=1S/C21H19ClN6O4.ClH/c1-2-21(12-31-13-21)27-9-7-26(8-10-27)20(30)32-19-17-16(23-5-6-24-17)18(29)28(19)15-4-3-14(22)11-25-15;/h1,3-6,11,19H,7-10,12-13H2;1H/t19-;/m0./s1. The molecule has 0 aromatic carbocycles. The highest BCUT2D eigenvalue weighted by Crippen LogP contribution is 2.36. The maximum absolute atomic E-state index is 13.0. The number of halogens is 2. The van der Waals surface area contributed by atoms with Gasteiger partial charge in [0.25, 0.3) is 5.91 Å². The van der Waals surface area contributed by atoms with Crippen LogP contribution in [0.1, 0.15) is 22.4 Å². The number of terminal acetylenes is 1. The van der Waals surface area contributed by atoms with E-state index < -0.39 is 18.2 Å². The Hall–Kier alpha value is -2.97. The molecule has 5 rings (SSSR count). The molecule has 1 atom stereocenters. The lowest BCUT2D eigenvalue weighted by atomic mass is 9.95. The Balaban J connectivity index is 0.00000259. The van der Waals surface area contributed by atoms with Crippen molar-refractivity contribution in [1.29, 1.82) is 0 Å². The van der Waals surface area contributed by atoms with Crippen LogP contribution in [-0.4, -0.2) is 81.7 Å². The number of amides is 2. The number of pyridine rings is 1. The van der Waals surface area contributed by atoms with Crippen molar-refractivity contribution in [1.82, 2.24) is 24.8 Å². The largest absolute Gasteiger partial charge is 0.419 e. The van der Waals surface area contributed by atoms with Crippen LogP contribution in [0.4, 0.5) is 10.6 Å². The van der Waals surface area contributed by atoms with Crippen LogP contribution < -0.4 is 4.90 Å². The molecule has 12 heteroatoms. The lowest BCUT2D eigenvalue weighted by molar-refractivity contribution is -0.116. The van der Waals surface area contributed by atoms with E-state index >= 15 is 0 Å². The molecule has 2 aromatic heterocycles. The molecule has 2 aromatic rings. The van der Waals surface area contributed by atoms with E-state index in [0.717, 1.165) is 0 Å². The first-order valence-electron chi connectivity index (χ1n) is 10.0. The number of hydrogen-bond donors (Lipinski definition) is 0. The van der Waals surface area contributed by atoms with Gasteiger partial charge in [-0.05, 0) is 12.1 Å². The quantitative estimate of drug-likeness (QED) is 0.599. The fourth-order valence-electron chi connectivity index (χ4n) is 4.02. The van der Waals surface area contributed by atoms with Gasteiger partial charge in [-0.2, -0.15) is 0 Å². The van der Waals surface area contributed by atoms with Gasteiger partial charge in [0.15, 0.2) is 5.69 Å². The van der Waals surface area contributed by atoms with Gasteiger partial charge in [-0.1, -0.05) is 17.5 Å². The Morgan fingerprint density at radius 1 is 1.18 bits per heavy atom.